The number of benzene rings is 1. The van der Waals surface area contributed by atoms with E-state index in [1.165, 1.54) is 0 Å². The van der Waals surface area contributed by atoms with E-state index >= 15 is 0 Å². The van der Waals surface area contributed by atoms with Crippen molar-refractivity contribution >= 4 is 11.6 Å². The molecule has 6 heteroatoms. The van der Waals surface area contributed by atoms with E-state index in [0.717, 1.165) is 44.8 Å². The maximum absolute atomic E-state index is 6.38. The first-order valence-electron chi connectivity index (χ1n) is 9.57. The fourth-order valence-electron chi connectivity index (χ4n) is 3.18. The molecule has 1 aliphatic heterocycles. The Bertz CT molecular complexity index is 554. The summed E-state index contributed by atoms with van der Waals surface area (Å²) in [6, 6.07) is 3.92. The Morgan fingerprint density at radius 3 is 2.88 bits per heavy atom. The lowest BCUT2D eigenvalue weighted by Crippen LogP contribution is -2.47. The molecular formula is C20H33ClN2O3. The zero-order valence-corrected chi connectivity index (χ0v) is 17.3. The van der Waals surface area contributed by atoms with Gasteiger partial charge in [-0.2, -0.15) is 0 Å². The molecule has 1 atom stereocenters. The molecule has 5 nitrogen and oxygen atoms in total. The Kier molecular flexibility index (Phi) is 8.99. The Hall–Kier alpha value is -1.01. The van der Waals surface area contributed by atoms with Crippen molar-refractivity contribution in [3.63, 3.8) is 0 Å². The maximum Gasteiger partial charge on any atom is 0.179 e. The second-order valence-corrected chi connectivity index (χ2v) is 7.64. The van der Waals surface area contributed by atoms with Crippen molar-refractivity contribution in [2.75, 3.05) is 46.5 Å². The van der Waals surface area contributed by atoms with Crippen LogP contribution in [0.3, 0.4) is 0 Å². The highest BCUT2D eigenvalue weighted by Crippen LogP contribution is 2.36. The molecular weight excluding hydrogens is 352 g/mol. The van der Waals surface area contributed by atoms with Crippen LogP contribution in [0.4, 0.5) is 0 Å². The molecule has 0 bridgehead atoms. The summed E-state index contributed by atoms with van der Waals surface area (Å²) < 4.78 is 17.0. The molecule has 148 valence electrons. The number of halogens is 1. The monoisotopic (exact) mass is 384 g/mol. The van der Waals surface area contributed by atoms with Gasteiger partial charge in [-0.3, -0.25) is 4.90 Å². The second kappa shape index (κ2) is 11.0. The number of nitrogens with one attached hydrogen (secondary N) is 1. The molecule has 1 aliphatic rings. The van der Waals surface area contributed by atoms with Gasteiger partial charge in [0.15, 0.2) is 11.5 Å². The number of hydrogen-bond donors (Lipinski definition) is 1. The summed E-state index contributed by atoms with van der Waals surface area (Å²) in [6.07, 6.45) is 1.16. The van der Waals surface area contributed by atoms with Crippen LogP contribution in [0.5, 0.6) is 11.5 Å². The molecule has 0 saturated carbocycles. The quantitative estimate of drug-likeness (QED) is 0.667. The van der Waals surface area contributed by atoms with Crippen molar-refractivity contribution < 1.29 is 14.2 Å². The Labute approximate surface area is 162 Å². The first-order valence-corrected chi connectivity index (χ1v) is 9.95. The van der Waals surface area contributed by atoms with Gasteiger partial charge in [-0.15, -0.1) is 0 Å². The Morgan fingerprint density at radius 2 is 2.19 bits per heavy atom. The van der Waals surface area contributed by atoms with Crippen LogP contribution in [-0.2, 0) is 11.3 Å². The van der Waals surface area contributed by atoms with Gasteiger partial charge >= 0.3 is 0 Å². The SMILES string of the molecule is CCCOc1c(Cl)cc(CNCC2CN(CC(C)C)CCO2)cc1OC. The van der Waals surface area contributed by atoms with Crippen LogP contribution in [-0.4, -0.2) is 57.5 Å². The van der Waals surface area contributed by atoms with Crippen molar-refractivity contribution in [3.8, 4) is 11.5 Å². The number of rotatable bonds is 10. The van der Waals surface area contributed by atoms with Crippen LogP contribution in [0.2, 0.25) is 5.02 Å². The lowest BCUT2D eigenvalue weighted by Gasteiger charge is -2.34. The van der Waals surface area contributed by atoms with Gasteiger partial charge < -0.3 is 19.5 Å². The summed E-state index contributed by atoms with van der Waals surface area (Å²) >= 11 is 6.38. The second-order valence-electron chi connectivity index (χ2n) is 7.23. The highest BCUT2D eigenvalue weighted by molar-refractivity contribution is 6.32. The van der Waals surface area contributed by atoms with Crippen LogP contribution < -0.4 is 14.8 Å². The van der Waals surface area contributed by atoms with Crippen LogP contribution in [0.15, 0.2) is 12.1 Å². The van der Waals surface area contributed by atoms with Gasteiger partial charge in [-0.1, -0.05) is 32.4 Å². The molecule has 0 radical (unpaired) electrons. The summed E-state index contributed by atoms with van der Waals surface area (Å²) in [5.41, 5.74) is 1.07. The normalized spacial score (nSPS) is 18.3. The number of ether oxygens (including phenoxy) is 3. The summed E-state index contributed by atoms with van der Waals surface area (Å²) in [7, 11) is 1.64. The van der Waals surface area contributed by atoms with E-state index in [1.807, 2.05) is 12.1 Å². The van der Waals surface area contributed by atoms with Crippen molar-refractivity contribution in [3.05, 3.63) is 22.7 Å². The molecule has 2 rings (SSSR count). The summed E-state index contributed by atoms with van der Waals surface area (Å²) in [4.78, 5) is 2.49. The van der Waals surface area contributed by atoms with E-state index < -0.39 is 0 Å². The molecule has 1 unspecified atom stereocenters. The summed E-state index contributed by atoms with van der Waals surface area (Å²) in [5, 5.41) is 4.07. The van der Waals surface area contributed by atoms with E-state index in [-0.39, 0.29) is 6.10 Å². The summed E-state index contributed by atoms with van der Waals surface area (Å²) in [6.45, 7) is 12.7. The molecule has 1 aromatic rings. The molecule has 0 aromatic heterocycles. The minimum absolute atomic E-state index is 0.229. The Morgan fingerprint density at radius 1 is 1.38 bits per heavy atom. The molecule has 1 N–H and O–H groups in total. The fraction of sp³-hybridized carbons (Fsp3) is 0.700. The van der Waals surface area contributed by atoms with E-state index in [0.29, 0.717) is 35.6 Å². The van der Waals surface area contributed by atoms with Gasteiger partial charge in [0.1, 0.15) is 0 Å². The topological polar surface area (TPSA) is 43.0 Å². The van der Waals surface area contributed by atoms with Crippen LogP contribution >= 0.6 is 11.6 Å². The lowest BCUT2D eigenvalue weighted by molar-refractivity contribution is -0.0303. The van der Waals surface area contributed by atoms with Gasteiger partial charge in [0, 0.05) is 32.7 Å². The first kappa shape index (κ1) is 21.3. The molecule has 1 aromatic carbocycles. The predicted octanol–water partition coefficient (Wildman–Crippen LogP) is 3.58. The molecule has 1 saturated heterocycles. The van der Waals surface area contributed by atoms with Crippen LogP contribution in [0.1, 0.15) is 32.8 Å². The van der Waals surface area contributed by atoms with Gasteiger partial charge in [0.25, 0.3) is 0 Å². The molecule has 0 aliphatic carbocycles. The number of nitrogens with zero attached hydrogens (tertiary/aromatic N) is 1. The van der Waals surface area contributed by atoms with Gasteiger partial charge in [-0.25, -0.2) is 0 Å². The van der Waals surface area contributed by atoms with Crippen molar-refractivity contribution in [2.24, 2.45) is 5.92 Å². The molecule has 26 heavy (non-hydrogen) atoms. The van der Waals surface area contributed by atoms with Crippen LogP contribution in [0, 0.1) is 5.92 Å². The van der Waals surface area contributed by atoms with Gasteiger partial charge in [0.05, 0.1) is 31.5 Å². The van der Waals surface area contributed by atoms with Crippen molar-refractivity contribution in [1.82, 2.24) is 10.2 Å². The van der Waals surface area contributed by atoms with Crippen molar-refractivity contribution in [1.29, 1.82) is 0 Å². The zero-order chi connectivity index (χ0) is 18.9. The average Bonchev–Trinajstić information content (AvgIpc) is 2.60. The minimum atomic E-state index is 0.229. The molecule has 0 amide bonds. The van der Waals surface area contributed by atoms with E-state index in [2.05, 4.69) is 31.0 Å². The predicted molar refractivity (Wildman–Crippen MR) is 107 cm³/mol. The number of hydrogen-bond acceptors (Lipinski definition) is 5. The van der Waals surface area contributed by atoms with E-state index in [1.54, 1.807) is 7.11 Å². The van der Waals surface area contributed by atoms with E-state index in [4.69, 9.17) is 25.8 Å². The molecule has 1 fully saturated rings. The maximum atomic E-state index is 6.38. The fourth-order valence-corrected chi connectivity index (χ4v) is 3.47. The van der Waals surface area contributed by atoms with Gasteiger partial charge in [-0.05, 0) is 30.0 Å². The third-order valence-corrected chi connectivity index (χ3v) is 4.57. The summed E-state index contributed by atoms with van der Waals surface area (Å²) in [5.74, 6) is 1.99. The first-order chi connectivity index (χ1) is 12.5. The van der Waals surface area contributed by atoms with Crippen molar-refractivity contribution in [2.45, 2.75) is 39.8 Å². The lowest BCUT2D eigenvalue weighted by atomic mass is 10.1. The average molecular weight is 385 g/mol. The van der Waals surface area contributed by atoms with Gasteiger partial charge in [0.2, 0.25) is 0 Å². The Balaban J connectivity index is 1.86. The minimum Gasteiger partial charge on any atom is -0.493 e. The third-order valence-electron chi connectivity index (χ3n) is 4.29. The highest BCUT2D eigenvalue weighted by Gasteiger charge is 2.20. The van der Waals surface area contributed by atoms with E-state index in [9.17, 15) is 0 Å². The number of methoxy groups -OCH3 is 1. The largest absolute Gasteiger partial charge is 0.493 e. The number of morpholine rings is 1. The molecule has 0 spiro atoms. The zero-order valence-electron chi connectivity index (χ0n) is 16.5. The highest BCUT2D eigenvalue weighted by atomic mass is 35.5. The third kappa shape index (κ3) is 6.62. The standard InChI is InChI=1S/C20H33ClN2O3/c1-5-7-26-20-18(21)9-16(10-19(20)24-4)11-22-12-17-14-23(6-8-25-17)13-15(2)3/h9-10,15,17,22H,5-8,11-14H2,1-4H3. The molecule has 1 heterocycles. The van der Waals surface area contributed by atoms with Crippen LogP contribution in [0.25, 0.3) is 0 Å². The smallest absolute Gasteiger partial charge is 0.179 e.